The maximum atomic E-state index is 10.8. The molecule has 0 aromatic heterocycles. The molecular formula is C15H23NO. The summed E-state index contributed by atoms with van der Waals surface area (Å²) in [5.41, 5.74) is 2.87. The van der Waals surface area contributed by atoms with E-state index in [9.17, 15) is 5.11 Å². The fourth-order valence-corrected chi connectivity index (χ4v) is 2.62. The average molecular weight is 233 g/mol. The van der Waals surface area contributed by atoms with Crippen LogP contribution in [0.15, 0.2) is 18.2 Å². The monoisotopic (exact) mass is 233 g/mol. The van der Waals surface area contributed by atoms with E-state index in [-0.39, 0.29) is 0 Å². The van der Waals surface area contributed by atoms with Crippen LogP contribution < -0.4 is 5.32 Å². The molecule has 0 aliphatic carbocycles. The van der Waals surface area contributed by atoms with Gasteiger partial charge in [0.25, 0.3) is 0 Å². The number of hydrogen-bond donors (Lipinski definition) is 2. The number of nitrogens with one attached hydrogen (secondary N) is 1. The summed E-state index contributed by atoms with van der Waals surface area (Å²) in [4.78, 5) is 0. The molecule has 2 rings (SSSR count). The van der Waals surface area contributed by atoms with E-state index in [1.165, 1.54) is 11.1 Å². The average Bonchev–Trinajstić information content (AvgIpc) is 2.33. The highest BCUT2D eigenvalue weighted by Gasteiger charge is 2.34. The minimum absolute atomic E-state index is 0.318. The molecule has 2 unspecified atom stereocenters. The van der Waals surface area contributed by atoms with E-state index in [0.717, 1.165) is 31.5 Å². The fraction of sp³-hybridized carbons (Fsp3) is 0.600. The molecule has 1 aliphatic rings. The molecule has 2 atom stereocenters. The number of aliphatic hydroxyl groups is 1. The predicted molar refractivity (Wildman–Crippen MR) is 71.1 cm³/mol. The Kier molecular flexibility index (Phi) is 3.55. The van der Waals surface area contributed by atoms with Crippen LogP contribution in [0.1, 0.15) is 36.5 Å². The maximum Gasteiger partial charge on any atom is 0.0908 e. The molecular weight excluding hydrogens is 210 g/mol. The van der Waals surface area contributed by atoms with E-state index in [0.29, 0.717) is 5.92 Å². The first kappa shape index (κ1) is 12.6. The Morgan fingerprint density at radius 1 is 1.29 bits per heavy atom. The molecule has 94 valence electrons. The van der Waals surface area contributed by atoms with Crippen molar-refractivity contribution in [2.45, 2.75) is 39.2 Å². The van der Waals surface area contributed by atoms with Gasteiger partial charge in [0, 0.05) is 12.5 Å². The summed E-state index contributed by atoms with van der Waals surface area (Å²) in [6, 6.07) is 6.30. The summed E-state index contributed by atoms with van der Waals surface area (Å²) in [7, 11) is 0. The van der Waals surface area contributed by atoms with Crippen LogP contribution >= 0.6 is 0 Å². The molecule has 1 aromatic rings. The van der Waals surface area contributed by atoms with Crippen LogP contribution in [0.25, 0.3) is 0 Å². The molecule has 2 heteroatoms. The van der Waals surface area contributed by atoms with Gasteiger partial charge in [0.05, 0.1) is 5.60 Å². The second-order valence-corrected chi connectivity index (χ2v) is 5.49. The number of aryl methyl sites for hydroxylation is 2. The predicted octanol–water partition coefficient (Wildman–Crippen LogP) is 2.51. The van der Waals surface area contributed by atoms with Gasteiger partial charge in [0.2, 0.25) is 0 Å². The lowest BCUT2D eigenvalue weighted by atomic mass is 9.78. The van der Waals surface area contributed by atoms with Crippen molar-refractivity contribution in [2.24, 2.45) is 5.92 Å². The highest BCUT2D eigenvalue weighted by molar-refractivity contribution is 5.33. The van der Waals surface area contributed by atoms with Gasteiger partial charge in [0.1, 0.15) is 0 Å². The zero-order valence-electron chi connectivity index (χ0n) is 11.1. The van der Waals surface area contributed by atoms with Gasteiger partial charge in [-0.15, -0.1) is 0 Å². The van der Waals surface area contributed by atoms with Gasteiger partial charge >= 0.3 is 0 Å². The molecule has 1 aromatic carbocycles. The van der Waals surface area contributed by atoms with Crippen LogP contribution in [-0.2, 0) is 5.60 Å². The Bertz CT molecular complexity index is 392. The van der Waals surface area contributed by atoms with Crippen molar-refractivity contribution >= 4 is 0 Å². The summed E-state index contributed by atoms with van der Waals surface area (Å²) in [5, 5.41) is 14.2. The van der Waals surface area contributed by atoms with Gasteiger partial charge in [-0.25, -0.2) is 0 Å². The summed E-state index contributed by atoms with van der Waals surface area (Å²) in [5.74, 6) is 0.318. The lowest BCUT2D eigenvalue weighted by Crippen LogP contribution is -2.42. The van der Waals surface area contributed by atoms with Gasteiger partial charge in [0.15, 0.2) is 0 Å². The minimum atomic E-state index is -0.716. The summed E-state index contributed by atoms with van der Waals surface area (Å²) in [6.45, 7) is 8.16. The van der Waals surface area contributed by atoms with Gasteiger partial charge in [-0.1, -0.05) is 18.2 Å². The SMILES string of the molecule is Cc1ccc(C(C)(O)C2CCCNC2)cc1C. The molecule has 2 nitrogen and oxygen atoms in total. The minimum Gasteiger partial charge on any atom is -0.385 e. The van der Waals surface area contributed by atoms with Crippen LogP contribution in [0.5, 0.6) is 0 Å². The van der Waals surface area contributed by atoms with Crippen LogP contribution in [-0.4, -0.2) is 18.2 Å². The summed E-state index contributed by atoms with van der Waals surface area (Å²) >= 11 is 0. The van der Waals surface area contributed by atoms with E-state index >= 15 is 0 Å². The van der Waals surface area contributed by atoms with Crippen molar-refractivity contribution in [1.82, 2.24) is 5.32 Å². The molecule has 0 amide bonds. The van der Waals surface area contributed by atoms with E-state index in [4.69, 9.17) is 0 Å². The molecule has 0 bridgehead atoms. The molecule has 0 radical (unpaired) electrons. The maximum absolute atomic E-state index is 10.8. The standard InChI is InChI=1S/C15H23NO/c1-11-6-7-13(9-12(11)2)15(3,17)14-5-4-8-16-10-14/h6-7,9,14,16-17H,4-5,8,10H2,1-3H3. The Morgan fingerprint density at radius 3 is 2.65 bits per heavy atom. The molecule has 1 fully saturated rings. The third kappa shape index (κ3) is 2.53. The molecule has 0 saturated carbocycles. The van der Waals surface area contributed by atoms with Gasteiger partial charge in [-0.2, -0.15) is 0 Å². The Balaban J connectivity index is 2.26. The molecule has 1 heterocycles. The topological polar surface area (TPSA) is 32.3 Å². The largest absolute Gasteiger partial charge is 0.385 e. The Morgan fingerprint density at radius 2 is 2.06 bits per heavy atom. The first-order chi connectivity index (χ1) is 8.01. The van der Waals surface area contributed by atoms with E-state index in [2.05, 4.69) is 37.4 Å². The lowest BCUT2D eigenvalue weighted by Gasteiger charge is -2.36. The highest BCUT2D eigenvalue weighted by Crippen LogP contribution is 2.34. The van der Waals surface area contributed by atoms with Crippen molar-refractivity contribution in [3.8, 4) is 0 Å². The Hall–Kier alpha value is -0.860. The zero-order chi connectivity index (χ0) is 12.5. The smallest absolute Gasteiger partial charge is 0.0908 e. The lowest BCUT2D eigenvalue weighted by molar-refractivity contribution is -0.0157. The quantitative estimate of drug-likeness (QED) is 0.822. The Labute approximate surface area is 104 Å². The highest BCUT2D eigenvalue weighted by atomic mass is 16.3. The zero-order valence-corrected chi connectivity index (χ0v) is 11.1. The normalized spacial score (nSPS) is 24.4. The van der Waals surface area contributed by atoms with Crippen LogP contribution in [0.3, 0.4) is 0 Å². The van der Waals surface area contributed by atoms with Crippen molar-refractivity contribution in [1.29, 1.82) is 0 Å². The molecule has 2 N–H and O–H groups in total. The third-order valence-corrected chi connectivity index (χ3v) is 4.18. The third-order valence-electron chi connectivity index (χ3n) is 4.18. The summed E-state index contributed by atoms with van der Waals surface area (Å²) < 4.78 is 0. The van der Waals surface area contributed by atoms with Gasteiger partial charge < -0.3 is 10.4 Å². The molecule has 1 saturated heterocycles. The first-order valence-electron chi connectivity index (χ1n) is 6.52. The van der Waals surface area contributed by atoms with Crippen molar-refractivity contribution < 1.29 is 5.11 Å². The number of piperidine rings is 1. The number of rotatable bonds is 2. The van der Waals surface area contributed by atoms with Crippen LogP contribution in [0, 0.1) is 19.8 Å². The van der Waals surface area contributed by atoms with Gasteiger partial charge in [-0.3, -0.25) is 0 Å². The van der Waals surface area contributed by atoms with E-state index in [1.807, 2.05) is 6.92 Å². The van der Waals surface area contributed by atoms with E-state index in [1.54, 1.807) is 0 Å². The summed E-state index contributed by atoms with van der Waals surface area (Å²) in [6.07, 6.45) is 2.26. The fourth-order valence-electron chi connectivity index (χ4n) is 2.62. The number of benzene rings is 1. The molecule has 17 heavy (non-hydrogen) atoms. The van der Waals surface area contributed by atoms with E-state index < -0.39 is 5.60 Å². The van der Waals surface area contributed by atoms with Crippen molar-refractivity contribution in [3.63, 3.8) is 0 Å². The van der Waals surface area contributed by atoms with Crippen molar-refractivity contribution in [2.75, 3.05) is 13.1 Å². The first-order valence-corrected chi connectivity index (χ1v) is 6.52. The van der Waals surface area contributed by atoms with Crippen molar-refractivity contribution in [3.05, 3.63) is 34.9 Å². The molecule has 0 spiro atoms. The second kappa shape index (κ2) is 4.79. The second-order valence-electron chi connectivity index (χ2n) is 5.49. The van der Waals surface area contributed by atoms with Crippen LogP contribution in [0.4, 0.5) is 0 Å². The van der Waals surface area contributed by atoms with Crippen LogP contribution in [0.2, 0.25) is 0 Å². The van der Waals surface area contributed by atoms with Gasteiger partial charge in [-0.05, 0) is 56.8 Å². The number of hydrogen-bond acceptors (Lipinski definition) is 2. The molecule has 1 aliphatic heterocycles.